The molecule has 2 aromatic carbocycles. The molecule has 0 atom stereocenters. The second-order valence-corrected chi connectivity index (χ2v) is 5.94. The third kappa shape index (κ3) is 3.26. The first-order chi connectivity index (χ1) is 11.6. The van der Waals surface area contributed by atoms with Gasteiger partial charge in [0.15, 0.2) is 11.5 Å². The zero-order chi connectivity index (χ0) is 17.1. The first-order valence-electron chi connectivity index (χ1n) is 7.11. The number of aryl methyl sites for hydroxylation is 1. The number of aromatic nitrogens is 3. The summed E-state index contributed by atoms with van der Waals surface area (Å²) in [6.45, 7) is 1.64. The van der Waals surface area contributed by atoms with Gasteiger partial charge >= 0.3 is 5.56 Å². The molecule has 0 unspecified atom stereocenters. The number of aromatic hydroxyl groups is 1. The molecule has 0 saturated heterocycles. The smallest absolute Gasteiger partial charge is 0.301 e. The molecule has 0 amide bonds. The van der Waals surface area contributed by atoms with Gasteiger partial charge in [-0.05, 0) is 25.1 Å². The minimum Gasteiger partial charge on any atom is -0.507 e. The Morgan fingerprint density at radius 1 is 1.17 bits per heavy atom. The lowest BCUT2D eigenvalue weighted by Gasteiger charge is -2.05. The summed E-state index contributed by atoms with van der Waals surface area (Å²) in [7, 11) is 0. The summed E-state index contributed by atoms with van der Waals surface area (Å²) in [5.41, 5.74) is 0.995. The number of halogens is 1. The first kappa shape index (κ1) is 16.1. The molecule has 1 aromatic heterocycles. The average Bonchev–Trinajstić information content (AvgIpc) is 2.58. The number of nitrogens with zero attached hydrogens (tertiary/aromatic N) is 4. The van der Waals surface area contributed by atoms with Crippen LogP contribution in [0.4, 0.5) is 0 Å². The minimum atomic E-state index is -0.376. The van der Waals surface area contributed by atoms with E-state index in [9.17, 15) is 9.90 Å². The lowest BCUT2D eigenvalue weighted by atomic mass is 10.2. The van der Waals surface area contributed by atoms with E-state index in [1.165, 1.54) is 6.21 Å². The third-order valence-electron chi connectivity index (χ3n) is 3.35. The molecule has 0 aliphatic carbocycles. The van der Waals surface area contributed by atoms with E-state index in [0.717, 1.165) is 9.15 Å². The second kappa shape index (κ2) is 6.76. The Morgan fingerprint density at radius 2 is 1.92 bits per heavy atom. The largest absolute Gasteiger partial charge is 0.507 e. The van der Waals surface area contributed by atoms with Gasteiger partial charge in [-0.3, -0.25) is 4.79 Å². The Morgan fingerprint density at radius 3 is 2.67 bits per heavy atom. The highest BCUT2D eigenvalue weighted by molar-refractivity contribution is 9.10. The summed E-state index contributed by atoms with van der Waals surface area (Å²) in [4.78, 5) is 12.6. The fourth-order valence-electron chi connectivity index (χ4n) is 2.12. The van der Waals surface area contributed by atoms with Crippen LogP contribution in [0, 0.1) is 6.92 Å². The van der Waals surface area contributed by atoms with E-state index in [-0.39, 0.29) is 17.0 Å². The number of hydrogen-bond acceptors (Lipinski definition) is 5. The number of hydrogen-bond donors (Lipinski definition) is 1. The Kier molecular flexibility index (Phi) is 4.52. The van der Waals surface area contributed by atoms with Crippen molar-refractivity contribution in [2.24, 2.45) is 5.10 Å². The van der Waals surface area contributed by atoms with Crippen LogP contribution in [0.1, 0.15) is 11.4 Å². The Labute approximate surface area is 146 Å². The molecular formula is C17H13BrN4O2. The standard InChI is InChI=1S/C17H13BrN4O2/c1-11-20-21-16(12-5-3-2-4-6-12)17(24)22(11)19-10-13-9-14(18)7-8-15(13)23/h2-10,23H,1H3. The molecule has 1 N–H and O–H groups in total. The van der Waals surface area contributed by atoms with Crippen molar-refractivity contribution in [3.63, 3.8) is 0 Å². The molecular weight excluding hydrogens is 372 g/mol. The Hall–Kier alpha value is -2.80. The molecule has 24 heavy (non-hydrogen) atoms. The molecule has 0 bridgehead atoms. The predicted octanol–water partition coefficient (Wildman–Crippen LogP) is 2.96. The highest BCUT2D eigenvalue weighted by Gasteiger charge is 2.10. The maximum atomic E-state index is 12.6. The van der Waals surface area contributed by atoms with Gasteiger partial charge < -0.3 is 5.11 Å². The third-order valence-corrected chi connectivity index (χ3v) is 3.84. The summed E-state index contributed by atoms with van der Waals surface area (Å²) in [5.74, 6) is 0.420. The van der Waals surface area contributed by atoms with Gasteiger partial charge in [0.25, 0.3) is 0 Å². The zero-order valence-corrected chi connectivity index (χ0v) is 14.3. The van der Waals surface area contributed by atoms with Crippen molar-refractivity contribution in [2.75, 3.05) is 0 Å². The van der Waals surface area contributed by atoms with Crippen LogP contribution in [0.5, 0.6) is 5.75 Å². The van der Waals surface area contributed by atoms with Crippen LogP contribution in [0.2, 0.25) is 0 Å². The number of phenols is 1. The number of phenolic OH excluding ortho intramolecular Hbond substituents is 1. The fraction of sp³-hybridized carbons (Fsp3) is 0.0588. The van der Waals surface area contributed by atoms with Crippen LogP contribution in [0.3, 0.4) is 0 Å². The van der Waals surface area contributed by atoms with Gasteiger partial charge in [-0.1, -0.05) is 46.3 Å². The van der Waals surface area contributed by atoms with Crippen molar-refractivity contribution in [1.29, 1.82) is 0 Å². The summed E-state index contributed by atoms with van der Waals surface area (Å²) in [6.07, 6.45) is 1.41. The van der Waals surface area contributed by atoms with Gasteiger partial charge in [0, 0.05) is 15.6 Å². The van der Waals surface area contributed by atoms with E-state index in [2.05, 4.69) is 31.2 Å². The highest BCUT2D eigenvalue weighted by Crippen LogP contribution is 2.20. The van der Waals surface area contributed by atoms with Gasteiger partial charge in [0.2, 0.25) is 0 Å². The van der Waals surface area contributed by atoms with Crippen LogP contribution in [-0.2, 0) is 0 Å². The minimum absolute atomic E-state index is 0.0675. The maximum absolute atomic E-state index is 12.6. The van der Waals surface area contributed by atoms with Gasteiger partial charge in [0.05, 0.1) is 6.21 Å². The van der Waals surface area contributed by atoms with E-state index >= 15 is 0 Å². The molecule has 6 nitrogen and oxygen atoms in total. The predicted molar refractivity (Wildman–Crippen MR) is 95.3 cm³/mol. The molecule has 0 radical (unpaired) electrons. The first-order valence-corrected chi connectivity index (χ1v) is 7.90. The van der Waals surface area contributed by atoms with Gasteiger partial charge in [-0.25, -0.2) is 0 Å². The van der Waals surface area contributed by atoms with Gasteiger partial charge in [-0.2, -0.15) is 9.78 Å². The quantitative estimate of drug-likeness (QED) is 0.703. The molecule has 0 aliphatic rings. The molecule has 0 saturated carbocycles. The molecule has 3 aromatic rings. The van der Waals surface area contributed by atoms with Crippen molar-refractivity contribution >= 4 is 22.1 Å². The van der Waals surface area contributed by atoms with E-state index in [1.54, 1.807) is 37.3 Å². The van der Waals surface area contributed by atoms with Crippen molar-refractivity contribution < 1.29 is 5.11 Å². The van der Waals surface area contributed by atoms with Crippen LogP contribution in [0.15, 0.2) is 62.9 Å². The van der Waals surface area contributed by atoms with E-state index in [1.807, 2.05) is 18.2 Å². The Bertz CT molecular complexity index is 968. The molecule has 7 heteroatoms. The van der Waals surface area contributed by atoms with E-state index in [4.69, 9.17) is 0 Å². The van der Waals surface area contributed by atoms with Crippen LogP contribution >= 0.6 is 15.9 Å². The number of rotatable bonds is 3. The average molecular weight is 385 g/mol. The fourth-order valence-corrected chi connectivity index (χ4v) is 2.50. The topological polar surface area (TPSA) is 80.4 Å². The van der Waals surface area contributed by atoms with Crippen LogP contribution < -0.4 is 5.56 Å². The lowest BCUT2D eigenvalue weighted by Crippen LogP contribution is -2.23. The van der Waals surface area contributed by atoms with E-state index < -0.39 is 0 Å². The molecule has 3 rings (SSSR count). The van der Waals surface area contributed by atoms with Crippen LogP contribution in [-0.4, -0.2) is 26.2 Å². The molecule has 120 valence electrons. The summed E-state index contributed by atoms with van der Waals surface area (Å²) < 4.78 is 1.96. The SMILES string of the molecule is Cc1nnc(-c2ccccc2)c(=O)n1N=Cc1cc(Br)ccc1O. The maximum Gasteiger partial charge on any atom is 0.301 e. The highest BCUT2D eigenvalue weighted by atomic mass is 79.9. The van der Waals surface area contributed by atoms with E-state index in [0.29, 0.717) is 17.0 Å². The zero-order valence-electron chi connectivity index (χ0n) is 12.7. The summed E-state index contributed by atoms with van der Waals surface area (Å²) in [5, 5.41) is 22.0. The normalized spacial score (nSPS) is 11.1. The lowest BCUT2D eigenvalue weighted by molar-refractivity contribution is 0.474. The monoisotopic (exact) mass is 384 g/mol. The summed E-state index contributed by atoms with van der Waals surface area (Å²) >= 11 is 3.33. The van der Waals surface area contributed by atoms with Gasteiger partial charge in [0.1, 0.15) is 5.75 Å². The molecule has 0 fully saturated rings. The second-order valence-electron chi connectivity index (χ2n) is 5.03. The Balaban J connectivity index is 2.07. The molecule has 1 heterocycles. The summed E-state index contributed by atoms with van der Waals surface area (Å²) in [6, 6.07) is 14.0. The number of benzene rings is 2. The van der Waals surface area contributed by atoms with Crippen molar-refractivity contribution in [1.82, 2.24) is 14.9 Å². The van der Waals surface area contributed by atoms with Gasteiger partial charge in [-0.15, -0.1) is 10.2 Å². The van der Waals surface area contributed by atoms with Crippen LogP contribution in [0.25, 0.3) is 11.3 Å². The molecule has 0 aliphatic heterocycles. The van der Waals surface area contributed by atoms with Crippen molar-refractivity contribution in [3.8, 4) is 17.0 Å². The molecule has 0 spiro atoms. The van der Waals surface area contributed by atoms with Crippen molar-refractivity contribution in [2.45, 2.75) is 6.92 Å². The van der Waals surface area contributed by atoms with Crippen molar-refractivity contribution in [3.05, 3.63) is 74.7 Å².